The van der Waals surface area contributed by atoms with Crippen LogP contribution >= 0.6 is 0 Å². The molecule has 3 heteroatoms. The fourth-order valence-corrected chi connectivity index (χ4v) is 2.09. The molecule has 0 unspecified atom stereocenters. The molecule has 0 aliphatic heterocycles. The molecule has 2 rings (SSSR count). The lowest BCUT2D eigenvalue weighted by molar-refractivity contribution is 0.411. The Kier molecular flexibility index (Phi) is 3.95. The minimum Gasteiger partial charge on any atom is -0.508 e. The number of nitrogens with one attached hydrogen (secondary N) is 1. The van der Waals surface area contributed by atoms with Crippen LogP contribution in [0.4, 0.5) is 5.69 Å². The molecule has 19 heavy (non-hydrogen) atoms. The van der Waals surface area contributed by atoms with Crippen LogP contribution in [0.5, 0.6) is 11.5 Å². The average molecular weight is 257 g/mol. The van der Waals surface area contributed by atoms with E-state index in [4.69, 9.17) is 4.74 Å². The van der Waals surface area contributed by atoms with Gasteiger partial charge in [0.2, 0.25) is 0 Å². The number of aryl methyl sites for hydroxylation is 2. The Morgan fingerprint density at radius 1 is 1.05 bits per heavy atom. The predicted molar refractivity (Wildman–Crippen MR) is 77.9 cm³/mol. The van der Waals surface area contributed by atoms with Gasteiger partial charge in [0.1, 0.15) is 11.5 Å². The third-order valence-electron chi connectivity index (χ3n) is 3.15. The third kappa shape index (κ3) is 3.19. The Hall–Kier alpha value is -2.16. The van der Waals surface area contributed by atoms with Crippen molar-refractivity contribution >= 4 is 5.69 Å². The quantitative estimate of drug-likeness (QED) is 0.822. The molecule has 0 atom stereocenters. The van der Waals surface area contributed by atoms with Gasteiger partial charge in [0, 0.05) is 12.2 Å². The van der Waals surface area contributed by atoms with E-state index in [-0.39, 0.29) is 0 Å². The summed E-state index contributed by atoms with van der Waals surface area (Å²) < 4.78 is 5.25. The van der Waals surface area contributed by atoms with Gasteiger partial charge in [-0.2, -0.15) is 0 Å². The van der Waals surface area contributed by atoms with E-state index in [1.54, 1.807) is 19.2 Å². The second-order valence-electron chi connectivity index (χ2n) is 4.66. The van der Waals surface area contributed by atoms with Crippen LogP contribution in [0, 0.1) is 13.8 Å². The van der Waals surface area contributed by atoms with Gasteiger partial charge in [0.25, 0.3) is 0 Å². The molecule has 0 amide bonds. The van der Waals surface area contributed by atoms with Crippen LogP contribution in [-0.4, -0.2) is 12.2 Å². The lowest BCUT2D eigenvalue weighted by Crippen LogP contribution is -2.01. The van der Waals surface area contributed by atoms with Crippen LogP contribution in [0.25, 0.3) is 0 Å². The maximum absolute atomic E-state index is 9.38. The first kappa shape index (κ1) is 13.3. The molecule has 0 fully saturated rings. The highest BCUT2D eigenvalue weighted by Gasteiger charge is 2.02. The van der Waals surface area contributed by atoms with Crippen LogP contribution in [-0.2, 0) is 6.54 Å². The lowest BCUT2D eigenvalue weighted by atomic mass is 10.1. The fraction of sp³-hybridized carbons (Fsp3) is 0.250. The van der Waals surface area contributed by atoms with E-state index in [1.165, 1.54) is 5.56 Å². The van der Waals surface area contributed by atoms with E-state index in [9.17, 15) is 5.11 Å². The van der Waals surface area contributed by atoms with Crippen molar-refractivity contribution < 1.29 is 9.84 Å². The Morgan fingerprint density at radius 2 is 1.84 bits per heavy atom. The first-order valence-electron chi connectivity index (χ1n) is 6.27. The van der Waals surface area contributed by atoms with Crippen molar-refractivity contribution in [2.75, 3.05) is 12.4 Å². The predicted octanol–water partition coefficient (Wildman–Crippen LogP) is 3.63. The molecule has 0 spiro atoms. The number of phenols is 1. The van der Waals surface area contributed by atoms with E-state index >= 15 is 0 Å². The van der Waals surface area contributed by atoms with Gasteiger partial charge in [-0.05, 0) is 54.8 Å². The summed E-state index contributed by atoms with van der Waals surface area (Å²) in [5.41, 5.74) is 4.39. The van der Waals surface area contributed by atoms with Crippen molar-refractivity contribution in [2.24, 2.45) is 0 Å². The smallest absolute Gasteiger partial charge is 0.121 e. The normalized spacial score (nSPS) is 10.3. The standard InChI is InChI=1S/C16H19NO2/c1-11-9-14(18)5-6-15(11)17-10-13-4-7-16(19-3)12(2)8-13/h4-9,17-18H,10H2,1-3H3. The van der Waals surface area contributed by atoms with Crippen LogP contribution in [0.2, 0.25) is 0 Å². The maximum Gasteiger partial charge on any atom is 0.121 e. The van der Waals surface area contributed by atoms with E-state index in [0.29, 0.717) is 5.75 Å². The first-order valence-corrected chi connectivity index (χ1v) is 6.27. The highest BCUT2D eigenvalue weighted by atomic mass is 16.5. The molecule has 0 heterocycles. The van der Waals surface area contributed by atoms with E-state index in [0.717, 1.165) is 29.1 Å². The van der Waals surface area contributed by atoms with E-state index < -0.39 is 0 Å². The van der Waals surface area contributed by atoms with Crippen molar-refractivity contribution in [1.82, 2.24) is 0 Å². The number of anilines is 1. The van der Waals surface area contributed by atoms with Crippen LogP contribution < -0.4 is 10.1 Å². The summed E-state index contributed by atoms with van der Waals surface area (Å²) >= 11 is 0. The highest BCUT2D eigenvalue weighted by molar-refractivity contribution is 5.53. The van der Waals surface area contributed by atoms with Crippen molar-refractivity contribution in [3.05, 3.63) is 53.1 Å². The number of hydrogen-bond acceptors (Lipinski definition) is 3. The molecule has 0 bridgehead atoms. The van der Waals surface area contributed by atoms with Gasteiger partial charge in [-0.15, -0.1) is 0 Å². The second-order valence-corrected chi connectivity index (χ2v) is 4.66. The minimum atomic E-state index is 0.295. The monoisotopic (exact) mass is 257 g/mol. The molecule has 0 radical (unpaired) electrons. The Bertz CT molecular complexity index is 579. The fourth-order valence-electron chi connectivity index (χ4n) is 2.09. The molecule has 0 saturated heterocycles. The molecular formula is C16H19NO2. The number of methoxy groups -OCH3 is 1. The summed E-state index contributed by atoms with van der Waals surface area (Å²) in [6.45, 7) is 4.76. The van der Waals surface area contributed by atoms with E-state index in [2.05, 4.69) is 17.4 Å². The van der Waals surface area contributed by atoms with Gasteiger partial charge < -0.3 is 15.2 Å². The zero-order valence-electron chi connectivity index (χ0n) is 11.5. The maximum atomic E-state index is 9.38. The van der Waals surface area contributed by atoms with Gasteiger partial charge in [-0.25, -0.2) is 0 Å². The van der Waals surface area contributed by atoms with Crippen LogP contribution in [0.3, 0.4) is 0 Å². The summed E-state index contributed by atoms with van der Waals surface area (Å²) in [4.78, 5) is 0. The SMILES string of the molecule is COc1ccc(CNc2ccc(O)cc2C)cc1C. The number of ether oxygens (including phenoxy) is 1. The molecule has 2 aromatic rings. The summed E-state index contributed by atoms with van der Waals surface area (Å²) in [5, 5.41) is 12.7. The van der Waals surface area contributed by atoms with Crippen molar-refractivity contribution in [2.45, 2.75) is 20.4 Å². The van der Waals surface area contributed by atoms with Crippen LogP contribution in [0.15, 0.2) is 36.4 Å². The Labute approximate surface area is 113 Å². The number of rotatable bonds is 4. The van der Waals surface area contributed by atoms with Crippen molar-refractivity contribution in [3.63, 3.8) is 0 Å². The first-order chi connectivity index (χ1) is 9.10. The summed E-state index contributed by atoms with van der Waals surface area (Å²) in [5.74, 6) is 1.20. The summed E-state index contributed by atoms with van der Waals surface area (Å²) in [6.07, 6.45) is 0. The zero-order chi connectivity index (χ0) is 13.8. The molecule has 2 N–H and O–H groups in total. The second kappa shape index (κ2) is 5.65. The Morgan fingerprint density at radius 3 is 2.47 bits per heavy atom. The van der Waals surface area contributed by atoms with Crippen LogP contribution in [0.1, 0.15) is 16.7 Å². The molecule has 0 saturated carbocycles. The van der Waals surface area contributed by atoms with Crippen molar-refractivity contribution in [1.29, 1.82) is 0 Å². The van der Waals surface area contributed by atoms with E-state index in [1.807, 2.05) is 26.0 Å². The average Bonchev–Trinajstić information content (AvgIpc) is 2.38. The van der Waals surface area contributed by atoms with Gasteiger partial charge in [0.15, 0.2) is 0 Å². The molecule has 0 aromatic heterocycles. The largest absolute Gasteiger partial charge is 0.508 e. The van der Waals surface area contributed by atoms with Gasteiger partial charge in [0.05, 0.1) is 7.11 Å². The highest BCUT2D eigenvalue weighted by Crippen LogP contribution is 2.22. The molecule has 2 aromatic carbocycles. The molecular weight excluding hydrogens is 238 g/mol. The summed E-state index contributed by atoms with van der Waals surface area (Å²) in [7, 11) is 1.68. The topological polar surface area (TPSA) is 41.5 Å². The molecule has 0 aliphatic rings. The number of benzene rings is 2. The zero-order valence-corrected chi connectivity index (χ0v) is 11.5. The number of aromatic hydroxyl groups is 1. The Balaban J connectivity index is 2.08. The van der Waals surface area contributed by atoms with Gasteiger partial charge in [-0.1, -0.05) is 12.1 Å². The minimum absolute atomic E-state index is 0.295. The van der Waals surface area contributed by atoms with Crippen molar-refractivity contribution in [3.8, 4) is 11.5 Å². The molecule has 3 nitrogen and oxygen atoms in total. The summed E-state index contributed by atoms with van der Waals surface area (Å²) in [6, 6.07) is 11.5. The molecule has 0 aliphatic carbocycles. The van der Waals surface area contributed by atoms with Gasteiger partial charge in [-0.3, -0.25) is 0 Å². The lowest BCUT2D eigenvalue weighted by Gasteiger charge is -2.11. The third-order valence-corrected chi connectivity index (χ3v) is 3.15. The number of hydrogen-bond donors (Lipinski definition) is 2. The molecule has 100 valence electrons. The van der Waals surface area contributed by atoms with Gasteiger partial charge >= 0.3 is 0 Å². The number of phenolic OH excluding ortho intramolecular Hbond substituents is 1.